The predicted octanol–water partition coefficient (Wildman–Crippen LogP) is 2.75. The second kappa shape index (κ2) is 4.53. The maximum atomic E-state index is 13.0. The number of hydrogen-bond acceptors (Lipinski definition) is 5. The van der Waals surface area contributed by atoms with E-state index in [1.807, 2.05) is 0 Å². The van der Waals surface area contributed by atoms with E-state index in [4.69, 9.17) is 9.52 Å². The van der Waals surface area contributed by atoms with Crippen molar-refractivity contribution in [1.29, 1.82) is 0 Å². The van der Waals surface area contributed by atoms with Gasteiger partial charge >= 0.3 is 11.6 Å². The average Bonchev–Trinajstić information content (AvgIpc) is 2.87. The molecule has 3 rings (SSSR count). The number of benzene rings is 1. The van der Waals surface area contributed by atoms with E-state index >= 15 is 0 Å². The molecule has 0 aliphatic carbocycles. The van der Waals surface area contributed by atoms with Crippen LogP contribution in [0.4, 0.5) is 4.39 Å². The Morgan fingerprint density at radius 3 is 2.85 bits per heavy atom. The lowest BCUT2D eigenvalue weighted by Crippen LogP contribution is -2.02. The molecule has 0 aliphatic rings. The van der Waals surface area contributed by atoms with E-state index in [2.05, 4.69) is 4.98 Å². The van der Waals surface area contributed by atoms with Gasteiger partial charge in [-0.3, -0.25) is 0 Å². The highest BCUT2D eigenvalue weighted by Gasteiger charge is 2.14. The second-order valence-corrected chi connectivity index (χ2v) is 5.00. The molecule has 2 heterocycles. The fourth-order valence-electron chi connectivity index (χ4n) is 1.73. The summed E-state index contributed by atoms with van der Waals surface area (Å²) in [5, 5.41) is 9.63. The van der Waals surface area contributed by atoms with Gasteiger partial charge in [0.2, 0.25) is 0 Å². The van der Waals surface area contributed by atoms with Crippen molar-refractivity contribution in [2.75, 3.05) is 0 Å². The summed E-state index contributed by atoms with van der Waals surface area (Å²) in [6.45, 7) is 0. The van der Waals surface area contributed by atoms with Gasteiger partial charge in [0, 0.05) is 11.5 Å². The number of rotatable bonds is 2. The van der Waals surface area contributed by atoms with Crippen LogP contribution in [0.15, 0.2) is 39.7 Å². The van der Waals surface area contributed by atoms with Gasteiger partial charge in [0.05, 0.1) is 11.8 Å². The molecule has 1 N–H and O–H groups in total. The monoisotopic (exact) mass is 291 g/mol. The Kier molecular flexibility index (Phi) is 2.83. The number of fused-ring (bicyclic) bond motifs is 1. The Labute approximate surface area is 114 Å². The van der Waals surface area contributed by atoms with E-state index in [1.54, 1.807) is 0 Å². The molecular weight excluding hydrogens is 285 g/mol. The first kappa shape index (κ1) is 12.5. The number of carboxylic acids is 1. The number of aromatic nitrogens is 1. The summed E-state index contributed by atoms with van der Waals surface area (Å²) in [5.74, 6) is -1.61. The molecule has 0 amide bonds. The van der Waals surface area contributed by atoms with E-state index in [-0.39, 0.29) is 21.0 Å². The van der Waals surface area contributed by atoms with E-state index < -0.39 is 17.4 Å². The van der Waals surface area contributed by atoms with Crippen molar-refractivity contribution in [3.05, 3.63) is 51.6 Å². The normalized spacial score (nSPS) is 10.8. The third-order valence-electron chi connectivity index (χ3n) is 2.64. The van der Waals surface area contributed by atoms with Gasteiger partial charge in [0.25, 0.3) is 0 Å². The maximum Gasteiger partial charge on any atom is 0.347 e. The molecule has 0 saturated carbocycles. The zero-order valence-electron chi connectivity index (χ0n) is 9.79. The van der Waals surface area contributed by atoms with Crippen molar-refractivity contribution >= 4 is 28.3 Å². The first-order chi connectivity index (χ1) is 9.54. The molecule has 0 unspecified atom stereocenters. The molecule has 3 aromatic rings. The topological polar surface area (TPSA) is 80.4 Å². The lowest BCUT2D eigenvalue weighted by Gasteiger charge is -1.99. The quantitative estimate of drug-likeness (QED) is 0.734. The third kappa shape index (κ3) is 2.08. The minimum Gasteiger partial charge on any atom is -0.477 e. The first-order valence-corrected chi connectivity index (χ1v) is 6.29. The summed E-state index contributed by atoms with van der Waals surface area (Å²) in [5.41, 5.74) is -0.398. The fraction of sp³-hybridized carbons (Fsp3) is 0. The number of aromatic carboxylic acids is 1. The molecule has 0 spiro atoms. The summed E-state index contributed by atoms with van der Waals surface area (Å²) in [6.07, 6.45) is 1.18. The van der Waals surface area contributed by atoms with Crippen LogP contribution in [-0.2, 0) is 0 Å². The molecule has 20 heavy (non-hydrogen) atoms. The summed E-state index contributed by atoms with van der Waals surface area (Å²) in [7, 11) is 0. The lowest BCUT2D eigenvalue weighted by molar-refractivity contribution is 0.0702. The predicted molar refractivity (Wildman–Crippen MR) is 70.5 cm³/mol. The van der Waals surface area contributed by atoms with Crippen LogP contribution in [0, 0.1) is 5.82 Å². The van der Waals surface area contributed by atoms with Crippen molar-refractivity contribution in [1.82, 2.24) is 4.98 Å². The standard InChI is InChI=1S/C13H6FNO4S/c14-7-2-1-6-3-8(13(18)19-9(6)4-7)11-15-5-10(20-11)12(16)17/h1-5H,(H,16,17). The molecule has 100 valence electrons. The summed E-state index contributed by atoms with van der Waals surface area (Å²) >= 11 is 0.875. The largest absolute Gasteiger partial charge is 0.477 e. The van der Waals surface area contributed by atoms with Crippen molar-refractivity contribution in [3.63, 3.8) is 0 Å². The van der Waals surface area contributed by atoms with Gasteiger partial charge in [-0.1, -0.05) is 0 Å². The zero-order valence-corrected chi connectivity index (χ0v) is 10.6. The summed E-state index contributed by atoms with van der Waals surface area (Å²) in [6, 6.07) is 5.34. The van der Waals surface area contributed by atoms with Gasteiger partial charge < -0.3 is 9.52 Å². The van der Waals surface area contributed by atoms with Crippen molar-refractivity contribution in [2.45, 2.75) is 0 Å². The molecule has 7 heteroatoms. The fourth-order valence-corrected chi connectivity index (χ4v) is 2.49. The van der Waals surface area contributed by atoms with E-state index in [0.29, 0.717) is 5.39 Å². The molecular formula is C13H6FNO4S. The highest BCUT2D eigenvalue weighted by molar-refractivity contribution is 7.16. The van der Waals surface area contributed by atoms with Gasteiger partial charge in [-0.25, -0.2) is 19.0 Å². The Hall–Kier alpha value is -2.54. The van der Waals surface area contributed by atoms with E-state index in [1.165, 1.54) is 24.4 Å². The molecule has 0 bridgehead atoms. The Morgan fingerprint density at radius 1 is 1.35 bits per heavy atom. The van der Waals surface area contributed by atoms with Crippen LogP contribution >= 0.6 is 11.3 Å². The minimum absolute atomic E-state index is 0.0265. The van der Waals surface area contributed by atoms with Crippen LogP contribution < -0.4 is 5.63 Å². The lowest BCUT2D eigenvalue weighted by atomic mass is 10.2. The number of hydrogen-bond donors (Lipinski definition) is 1. The minimum atomic E-state index is -1.11. The van der Waals surface area contributed by atoms with Gasteiger partial charge in [0.15, 0.2) is 0 Å². The average molecular weight is 291 g/mol. The zero-order chi connectivity index (χ0) is 14.3. The van der Waals surface area contributed by atoms with E-state index in [9.17, 15) is 14.0 Å². The highest BCUT2D eigenvalue weighted by Crippen LogP contribution is 2.25. The number of nitrogens with zero attached hydrogens (tertiary/aromatic N) is 1. The van der Waals surface area contributed by atoms with Gasteiger partial charge in [-0.2, -0.15) is 0 Å². The van der Waals surface area contributed by atoms with E-state index in [0.717, 1.165) is 17.4 Å². The van der Waals surface area contributed by atoms with Crippen LogP contribution in [0.5, 0.6) is 0 Å². The second-order valence-electron chi connectivity index (χ2n) is 3.96. The van der Waals surface area contributed by atoms with Crippen molar-refractivity contribution < 1.29 is 18.7 Å². The summed E-state index contributed by atoms with van der Waals surface area (Å²) in [4.78, 5) is 26.6. The van der Waals surface area contributed by atoms with Crippen LogP contribution in [0.25, 0.3) is 21.5 Å². The first-order valence-electron chi connectivity index (χ1n) is 5.47. The molecule has 2 aromatic heterocycles. The molecule has 0 radical (unpaired) electrons. The molecule has 1 aromatic carbocycles. The number of carboxylic acid groups (broad SMARTS) is 1. The third-order valence-corrected chi connectivity index (χ3v) is 3.66. The number of carbonyl (C=O) groups is 1. The summed E-state index contributed by atoms with van der Waals surface area (Å²) < 4.78 is 18.1. The molecule has 0 fully saturated rings. The Balaban J connectivity index is 2.20. The molecule has 0 saturated heterocycles. The molecule has 5 nitrogen and oxygen atoms in total. The highest BCUT2D eigenvalue weighted by atomic mass is 32.1. The van der Waals surface area contributed by atoms with Gasteiger partial charge in [-0.15, -0.1) is 11.3 Å². The Morgan fingerprint density at radius 2 is 2.15 bits per heavy atom. The van der Waals surface area contributed by atoms with Gasteiger partial charge in [0.1, 0.15) is 21.3 Å². The van der Waals surface area contributed by atoms with Crippen molar-refractivity contribution in [3.8, 4) is 10.6 Å². The molecule has 0 atom stereocenters. The molecule has 0 aliphatic heterocycles. The van der Waals surface area contributed by atoms with Crippen LogP contribution in [-0.4, -0.2) is 16.1 Å². The van der Waals surface area contributed by atoms with Crippen LogP contribution in [0.3, 0.4) is 0 Å². The SMILES string of the molecule is O=C(O)c1cnc(-c2cc3ccc(F)cc3oc2=O)s1. The van der Waals surface area contributed by atoms with Crippen LogP contribution in [0.1, 0.15) is 9.67 Å². The van der Waals surface area contributed by atoms with Gasteiger partial charge in [-0.05, 0) is 18.2 Å². The maximum absolute atomic E-state index is 13.0. The smallest absolute Gasteiger partial charge is 0.347 e. The van der Waals surface area contributed by atoms with Crippen LogP contribution in [0.2, 0.25) is 0 Å². The number of halogens is 1. The van der Waals surface area contributed by atoms with Crippen molar-refractivity contribution in [2.24, 2.45) is 0 Å². The Bertz CT molecular complexity index is 883. The number of thiazole rings is 1.